The van der Waals surface area contributed by atoms with E-state index in [2.05, 4.69) is 23.8 Å². The van der Waals surface area contributed by atoms with Crippen LogP contribution >= 0.6 is 0 Å². The first-order valence-corrected chi connectivity index (χ1v) is 6.58. The van der Waals surface area contributed by atoms with E-state index >= 15 is 0 Å². The first-order chi connectivity index (χ1) is 8.90. The van der Waals surface area contributed by atoms with Gasteiger partial charge in [-0.05, 0) is 31.1 Å². The van der Waals surface area contributed by atoms with E-state index in [1.165, 1.54) is 20.4 Å². The SMILES string of the molecule is COc1cnc(C2(O)CCCC(C)(C)C2)c(OC)n1. The van der Waals surface area contributed by atoms with Crippen molar-refractivity contribution in [1.29, 1.82) is 0 Å². The number of rotatable bonds is 3. The van der Waals surface area contributed by atoms with Crippen LogP contribution in [0.3, 0.4) is 0 Å². The second-order valence-electron chi connectivity index (χ2n) is 6.00. The maximum absolute atomic E-state index is 10.9. The molecule has 106 valence electrons. The summed E-state index contributed by atoms with van der Waals surface area (Å²) in [6.45, 7) is 4.33. The molecule has 1 saturated carbocycles. The summed E-state index contributed by atoms with van der Waals surface area (Å²) in [4.78, 5) is 8.53. The zero-order valence-electron chi connectivity index (χ0n) is 12.1. The molecule has 1 unspecified atom stereocenters. The van der Waals surface area contributed by atoms with E-state index in [-0.39, 0.29) is 5.41 Å². The van der Waals surface area contributed by atoms with Crippen molar-refractivity contribution in [3.8, 4) is 11.8 Å². The van der Waals surface area contributed by atoms with E-state index in [4.69, 9.17) is 9.47 Å². The molecule has 1 aromatic heterocycles. The summed E-state index contributed by atoms with van der Waals surface area (Å²) in [6, 6.07) is 0. The molecule has 1 atom stereocenters. The topological polar surface area (TPSA) is 64.5 Å². The van der Waals surface area contributed by atoms with Crippen molar-refractivity contribution in [3.05, 3.63) is 11.9 Å². The van der Waals surface area contributed by atoms with E-state index in [1.54, 1.807) is 0 Å². The summed E-state index contributed by atoms with van der Waals surface area (Å²) in [6.07, 6.45) is 4.96. The first-order valence-electron chi connectivity index (χ1n) is 6.58. The monoisotopic (exact) mass is 266 g/mol. The Balaban J connectivity index is 2.39. The van der Waals surface area contributed by atoms with Crippen molar-refractivity contribution >= 4 is 0 Å². The van der Waals surface area contributed by atoms with E-state index in [0.717, 1.165) is 12.8 Å². The van der Waals surface area contributed by atoms with Crippen LogP contribution in [0.1, 0.15) is 45.2 Å². The lowest BCUT2D eigenvalue weighted by Gasteiger charge is -2.41. The predicted molar refractivity (Wildman–Crippen MR) is 71.3 cm³/mol. The molecular formula is C14H22N2O3. The number of hydrogen-bond donors (Lipinski definition) is 1. The molecule has 5 heteroatoms. The lowest BCUT2D eigenvalue weighted by atomic mass is 9.68. The van der Waals surface area contributed by atoms with Gasteiger partial charge in [0, 0.05) is 0 Å². The maximum atomic E-state index is 10.9. The van der Waals surface area contributed by atoms with Gasteiger partial charge in [0.15, 0.2) is 0 Å². The van der Waals surface area contributed by atoms with Crippen LogP contribution in [-0.4, -0.2) is 29.3 Å². The van der Waals surface area contributed by atoms with Crippen LogP contribution in [0, 0.1) is 5.41 Å². The molecule has 1 fully saturated rings. The van der Waals surface area contributed by atoms with E-state index < -0.39 is 5.60 Å². The molecule has 1 aromatic rings. The lowest BCUT2D eigenvalue weighted by molar-refractivity contribution is -0.0493. The second kappa shape index (κ2) is 4.96. The fourth-order valence-electron chi connectivity index (χ4n) is 2.95. The molecule has 1 aliphatic carbocycles. The van der Waals surface area contributed by atoms with E-state index in [0.29, 0.717) is 30.3 Å². The molecule has 1 N–H and O–H groups in total. The van der Waals surface area contributed by atoms with Gasteiger partial charge < -0.3 is 14.6 Å². The number of hydrogen-bond acceptors (Lipinski definition) is 5. The Morgan fingerprint density at radius 1 is 1.21 bits per heavy atom. The summed E-state index contributed by atoms with van der Waals surface area (Å²) in [5.41, 5.74) is -0.352. The second-order valence-corrected chi connectivity index (χ2v) is 6.00. The normalized spacial score (nSPS) is 25.9. The summed E-state index contributed by atoms with van der Waals surface area (Å²) in [5.74, 6) is 0.735. The quantitative estimate of drug-likeness (QED) is 0.909. The maximum Gasteiger partial charge on any atom is 0.241 e. The molecule has 0 amide bonds. The van der Waals surface area contributed by atoms with Gasteiger partial charge in [-0.25, -0.2) is 4.98 Å². The van der Waals surface area contributed by atoms with Gasteiger partial charge in [-0.15, -0.1) is 0 Å². The molecule has 0 aliphatic heterocycles. The number of aliphatic hydroxyl groups is 1. The molecule has 5 nitrogen and oxygen atoms in total. The van der Waals surface area contributed by atoms with Crippen molar-refractivity contribution in [3.63, 3.8) is 0 Å². The molecule has 0 saturated heterocycles. The van der Waals surface area contributed by atoms with Gasteiger partial charge >= 0.3 is 0 Å². The zero-order valence-corrected chi connectivity index (χ0v) is 12.1. The highest BCUT2D eigenvalue weighted by Crippen LogP contribution is 2.47. The van der Waals surface area contributed by atoms with Crippen LogP contribution in [-0.2, 0) is 5.60 Å². The van der Waals surface area contributed by atoms with Gasteiger partial charge in [0.2, 0.25) is 11.8 Å². The Labute approximate surface area is 114 Å². The number of ether oxygens (including phenoxy) is 2. The third-order valence-corrected chi connectivity index (χ3v) is 3.78. The largest absolute Gasteiger partial charge is 0.480 e. The lowest BCUT2D eigenvalue weighted by Crippen LogP contribution is -2.37. The van der Waals surface area contributed by atoms with Crippen LogP contribution in [0.15, 0.2) is 6.20 Å². The highest BCUT2D eigenvalue weighted by atomic mass is 16.5. The molecule has 19 heavy (non-hydrogen) atoms. The molecule has 0 bridgehead atoms. The van der Waals surface area contributed by atoms with Gasteiger partial charge in [-0.1, -0.05) is 13.8 Å². The van der Waals surface area contributed by atoms with Gasteiger partial charge in [-0.2, -0.15) is 4.98 Å². The minimum Gasteiger partial charge on any atom is -0.480 e. The Kier molecular flexibility index (Phi) is 3.67. The Morgan fingerprint density at radius 2 is 1.95 bits per heavy atom. The molecule has 2 rings (SSSR count). The Hall–Kier alpha value is -1.36. The van der Waals surface area contributed by atoms with Crippen molar-refractivity contribution in [2.75, 3.05) is 14.2 Å². The van der Waals surface area contributed by atoms with Crippen LogP contribution in [0.2, 0.25) is 0 Å². The summed E-state index contributed by atoms with van der Waals surface area (Å²) >= 11 is 0. The number of nitrogens with zero attached hydrogens (tertiary/aromatic N) is 2. The van der Waals surface area contributed by atoms with Crippen molar-refractivity contribution in [2.45, 2.75) is 45.1 Å². The number of methoxy groups -OCH3 is 2. The van der Waals surface area contributed by atoms with E-state index in [1.807, 2.05) is 0 Å². The van der Waals surface area contributed by atoms with Crippen LogP contribution < -0.4 is 9.47 Å². The predicted octanol–water partition coefficient (Wildman–Crippen LogP) is 2.28. The van der Waals surface area contributed by atoms with Gasteiger partial charge in [-0.3, -0.25) is 0 Å². The van der Waals surface area contributed by atoms with Gasteiger partial charge in [0.1, 0.15) is 11.3 Å². The minimum absolute atomic E-state index is 0.0968. The molecular weight excluding hydrogens is 244 g/mol. The van der Waals surface area contributed by atoms with E-state index in [9.17, 15) is 5.11 Å². The zero-order chi connectivity index (χ0) is 14.1. The molecule has 1 heterocycles. The van der Waals surface area contributed by atoms with Crippen molar-refractivity contribution in [1.82, 2.24) is 9.97 Å². The van der Waals surface area contributed by atoms with Crippen LogP contribution in [0.5, 0.6) is 11.8 Å². The average Bonchev–Trinajstić information content (AvgIpc) is 2.36. The standard InChI is InChI=1S/C14H22N2O3/c1-13(2)6-5-7-14(17,9-13)11-12(19-4)16-10(18-3)8-15-11/h8,17H,5-7,9H2,1-4H3. The fourth-order valence-corrected chi connectivity index (χ4v) is 2.95. The molecule has 0 radical (unpaired) electrons. The summed E-state index contributed by atoms with van der Waals surface area (Å²) in [5, 5.41) is 10.9. The average molecular weight is 266 g/mol. The van der Waals surface area contributed by atoms with Crippen LogP contribution in [0.4, 0.5) is 0 Å². The first kappa shape index (κ1) is 14.1. The number of aromatic nitrogens is 2. The Morgan fingerprint density at radius 3 is 2.53 bits per heavy atom. The van der Waals surface area contributed by atoms with Gasteiger partial charge in [0.25, 0.3) is 0 Å². The molecule has 0 spiro atoms. The van der Waals surface area contributed by atoms with Crippen molar-refractivity contribution in [2.24, 2.45) is 5.41 Å². The van der Waals surface area contributed by atoms with Crippen LogP contribution in [0.25, 0.3) is 0 Å². The third-order valence-electron chi connectivity index (χ3n) is 3.78. The highest BCUT2D eigenvalue weighted by Gasteiger charge is 2.43. The smallest absolute Gasteiger partial charge is 0.241 e. The Bertz CT molecular complexity index is 462. The fraction of sp³-hybridized carbons (Fsp3) is 0.714. The van der Waals surface area contributed by atoms with Crippen molar-refractivity contribution < 1.29 is 14.6 Å². The minimum atomic E-state index is -0.966. The molecule has 0 aromatic carbocycles. The third kappa shape index (κ3) is 2.81. The summed E-state index contributed by atoms with van der Waals surface area (Å²) in [7, 11) is 3.06. The van der Waals surface area contributed by atoms with Gasteiger partial charge in [0.05, 0.1) is 20.4 Å². The highest BCUT2D eigenvalue weighted by molar-refractivity contribution is 5.29. The molecule has 1 aliphatic rings. The summed E-state index contributed by atoms with van der Waals surface area (Å²) < 4.78 is 10.3.